The number of hydrogen-bond acceptors (Lipinski definition) is 2. The fraction of sp³-hybridized carbons (Fsp3) is 0.118. The van der Waals surface area contributed by atoms with E-state index in [0.29, 0.717) is 0 Å². The third kappa shape index (κ3) is 3.43. The van der Waals surface area contributed by atoms with E-state index in [9.17, 15) is 0 Å². The Kier molecular flexibility index (Phi) is 4.54. The zero-order valence-electron chi connectivity index (χ0n) is 11.3. The van der Waals surface area contributed by atoms with Crippen LogP contribution < -0.4 is 0 Å². The highest BCUT2D eigenvalue weighted by Crippen LogP contribution is 2.25. The van der Waals surface area contributed by atoms with Crippen LogP contribution in [0.2, 0.25) is 0 Å². The average Bonchev–Trinajstić information content (AvgIpc) is 2.73. The summed E-state index contributed by atoms with van der Waals surface area (Å²) in [5.41, 5.74) is 3.56. The molecule has 0 saturated carbocycles. The second-order valence-corrected chi connectivity index (χ2v) is 6.79. The molecule has 1 aliphatic rings. The van der Waals surface area contributed by atoms with Crippen molar-refractivity contribution < 1.29 is 0 Å². The summed E-state index contributed by atoms with van der Waals surface area (Å²) in [7, 11) is 0. The summed E-state index contributed by atoms with van der Waals surface area (Å²) in [4.78, 5) is 0. The van der Waals surface area contributed by atoms with Crippen molar-refractivity contribution in [2.24, 2.45) is 0 Å². The Morgan fingerprint density at radius 3 is 2.81 bits per heavy atom. The third-order valence-corrected chi connectivity index (χ3v) is 4.87. The Labute approximate surface area is 138 Å². The SMILES string of the molecule is S=c1scc(-c2ccccc2)n1CC1=CC=C(Cl)CC=C1. The van der Waals surface area contributed by atoms with Gasteiger partial charge >= 0.3 is 0 Å². The molecule has 1 aromatic carbocycles. The molecule has 0 aliphatic heterocycles. The third-order valence-electron chi connectivity index (χ3n) is 3.32. The molecule has 0 amide bonds. The molecule has 2 aromatic rings. The molecule has 4 heteroatoms. The number of allylic oxidation sites excluding steroid dienone is 6. The number of halogens is 1. The number of thiazole rings is 1. The van der Waals surface area contributed by atoms with Crippen molar-refractivity contribution in [3.05, 3.63) is 74.6 Å². The van der Waals surface area contributed by atoms with Crippen LogP contribution in [0.4, 0.5) is 0 Å². The Hall–Kier alpha value is -1.42. The molecular formula is C17H14ClNS2. The van der Waals surface area contributed by atoms with Gasteiger partial charge in [0.1, 0.15) is 0 Å². The molecule has 1 aromatic heterocycles. The Balaban J connectivity index is 1.97. The van der Waals surface area contributed by atoms with Crippen molar-refractivity contribution in [3.63, 3.8) is 0 Å². The molecule has 0 N–H and O–H groups in total. The molecule has 0 radical (unpaired) electrons. The molecule has 21 heavy (non-hydrogen) atoms. The first-order chi connectivity index (χ1) is 10.2. The van der Waals surface area contributed by atoms with Gasteiger partial charge in [-0.05, 0) is 29.4 Å². The van der Waals surface area contributed by atoms with Gasteiger partial charge in [0.25, 0.3) is 0 Å². The van der Waals surface area contributed by atoms with E-state index in [-0.39, 0.29) is 0 Å². The summed E-state index contributed by atoms with van der Waals surface area (Å²) in [5, 5.41) is 2.99. The minimum absolute atomic E-state index is 0.768. The standard InChI is InChI=1S/C17H14ClNS2/c18-15-8-4-5-13(9-10-15)11-19-16(12-21-17(19)20)14-6-2-1-3-7-14/h1-7,9-10,12H,8,11H2. The molecule has 0 spiro atoms. The molecule has 1 aliphatic carbocycles. The molecule has 0 saturated heterocycles. The Morgan fingerprint density at radius 2 is 2.00 bits per heavy atom. The lowest BCUT2D eigenvalue weighted by Gasteiger charge is -2.09. The maximum absolute atomic E-state index is 6.07. The maximum Gasteiger partial charge on any atom is 0.161 e. The van der Waals surface area contributed by atoms with Crippen molar-refractivity contribution >= 4 is 35.2 Å². The topological polar surface area (TPSA) is 4.93 Å². The van der Waals surface area contributed by atoms with Crippen LogP contribution in [0.3, 0.4) is 0 Å². The summed E-state index contributed by atoms with van der Waals surface area (Å²) in [6, 6.07) is 10.3. The molecule has 0 unspecified atom stereocenters. The van der Waals surface area contributed by atoms with Crippen molar-refractivity contribution in [1.82, 2.24) is 4.57 Å². The monoisotopic (exact) mass is 331 g/mol. The van der Waals surface area contributed by atoms with E-state index in [2.05, 4.69) is 40.3 Å². The van der Waals surface area contributed by atoms with Crippen molar-refractivity contribution in [2.45, 2.75) is 13.0 Å². The predicted octanol–water partition coefficient (Wildman–Crippen LogP) is 5.96. The van der Waals surface area contributed by atoms with Gasteiger partial charge in [0.2, 0.25) is 0 Å². The quantitative estimate of drug-likeness (QED) is 0.628. The first-order valence-electron chi connectivity index (χ1n) is 6.69. The summed E-state index contributed by atoms with van der Waals surface area (Å²) >= 11 is 13.2. The highest BCUT2D eigenvalue weighted by atomic mass is 35.5. The molecule has 0 atom stereocenters. The summed E-state index contributed by atoms with van der Waals surface area (Å²) in [5.74, 6) is 0. The Morgan fingerprint density at radius 1 is 1.19 bits per heavy atom. The van der Waals surface area contributed by atoms with Crippen molar-refractivity contribution in [1.29, 1.82) is 0 Å². The highest BCUT2D eigenvalue weighted by molar-refractivity contribution is 7.73. The number of nitrogens with zero attached hydrogens (tertiary/aromatic N) is 1. The molecule has 3 rings (SSSR count). The Bertz CT molecular complexity index is 779. The van der Waals surface area contributed by atoms with Gasteiger partial charge in [-0.25, -0.2) is 0 Å². The largest absolute Gasteiger partial charge is 0.318 e. The lowest BCUT2D eigenvalue weighted by Crippen LogP contribution is -2.01. The van der Waals surface area contributed by atoms with Crippen LogP contribution in [-0.2, 0) is 6.54 Å². The van der Waals surface area contributed by atoms with E-state index in [0.717, 1.165) is 22.0 Å². The van der Waals surface area contributed by atoms with Gasteiger partial charge in [0, 0.05) is 23.4 Å². The summed E-state index contributed by atoms with van der Waals surface area (Å²) in [6.45, 7) is 0.768. The fourth-order valence-electron chi connectivity index (χ4n) is 2.25. The lowest BCUT2D eigenvalue weighted by atomic mass is 10.1. The normalized spacial score (nSPS) is 14.5. The van der Waals surface area contributed by atoms with Gasteiger partial charge in [-0.3, -0.25) is 0 Å². The zero-order chi connectivity index (χ0) is 14.7. The minimum atomic E-state index is 0.768. The van der Waals surface area contributed by atoms with Crippen LogP contribution in [-0.4, -0.2) is 4.57 Å². The molecule has 1 heterocycles. The first-order valence-corrected chi connectivity index (χ1v) is 8.36. The van der Waals surface area contributed by atoms with E-state index >= 15 is 0 Å². The summed E-state index contributed by atoms with van der Waals surface area (Å²) in [6.07, 6.45) is 9.05. The first kappa shape index (κ1) is 14.5. The highest BCUT2D eigenvalue weighted by Gasteiger charge is 2.08. The summed E-state index contributed by atoms with van der Waals surface area (Å²) < 4.78 is 3.07. The molecular weight excluding hydrogens is 318 g/mol. The van der Waals surface area contributed by atoms with E-state index in [4.69, 9.17) is 23.8 Å². The smallest absolute Gasteiger partial charge is 0.161 e. The van der Waals surface area contributed by atoms with Crippen LogP contribution in [0.5, 0.6) is 0 Å². The fourth-order valence-corrected chi connectivity index (χ4v) is 3.47. The van der Waals surface area contributed by atoms with Crippen molar-refractivity contribution in [2.75, 3.05) is 0 Å². The molecule has 1 nitrogen and oxygen atoms in total. The van der Waals surface area contributed by atoms with Gasteiger partial charge < -0.3 is 4.57 Å². The van der Waals surface area contributed by atoms with Crippen LogP contribution in [0, 0.1) is 3.95 Å². The van der Waals surface area contributed by atoms with Crippen molar-refractivity contribution in [3.8, 4) is 11.3 Å². The van der Waals surface area contributed by atoms with E-state index in [1.165, 1.54) is 16.8 Å². The maximum atomic E-state index is 6.07. The average molecular weight is 332 g/mol. The number of aromatic nitrogens is 1. The number of benzene rings is 1. The lowest BCUT2D eigenvalue weighted by molar-refractivity contribution is 0.808. The van der Waals surface area contributed by atoms with Gasteiger partial charge in [-0.15, -0.1) is 11.3 Å². The van der Waals surface area contributed by atoms with E-state index < -0.39 is 0 Å². The molecule has 0 bridgehead atoms. The van der Waals surface area contributed by atoms with Crippen LogP contribution in [0.25, 0.3) is 11.3 Å². The second kappa shape index (κ2) is 6.56. The van der Waals surface area contributed by atoms with Crippen LogP contribution in [0.1, 0.15) is 6.42 Å². The predicted molar refractivity (Wildman–Crippen MR) is 94.4 cm³/mol. The van der Waals surface area contributed by atoms with Crippen LogP contribution >= 0.6 is 35.2 Å². The van der Waals surface area contributed by atoms with E-state index in [1.807, 2.05) is 24.3 Å². The zero-order valence-corrected chi connectivity index (χ0v) is 13.7. The van der Waals surface area contributed by atoms with Crippen LogP contribution in [0.15, 0.2) is 70.6 Å². The molecule has 106 valence electrons. The van der Waals surface area contributed by atoms with Gasteiger partial charge in [0.15, 0.2) is 3.95 Å². The van der Waals surface area contributed by atoms with Gasteiger partial charge in [0.05, 0.1) is 5.69 Å². The number of hydrogen-bond donors (Lipinski definition) is 0. The molecule has 0 fully saturated rings. The number of rotatable bonds is 3. The van der Waals surface area contributed by atoms with Gasteiger partial charge in [-0.2, -0.15) is 0 Å². The minimum Gasteiger partial charge on any atom is -0.318 e. The van der Waals surface area contributed by atoms with Gasteiger partial charge in [-0.1, -0.05) is 60.2 Å². The van der Waals surface area contributed by atoms with E-state index in [1.54, 1.807) is 11.3 Å². The second-order valence-electron chi connectivity index (χ2n) is 4.80.